The van der Waals surface area contributed by atoms with Crippen LogP contribution in [0.1, 0.15) is 0 Å². The monoisotopic (exact) mass is 336 g/mol. The lowest BCUT2D eigenvalue weighted by molar-refractivity contribution is -0.402. The molecule has 21 heavy (non-hydrogen) atoms. The fourth-order valence-electron chi connectivity index (χ4n) is 1.12. The molecule has 0 saturated heterocycles. The van der Waals surface area contributed by atoms with Crippen LogP contribution in [0, 0.1) is 15.3 Å². The summed E-state index contributed by atoms with van der Waals surface area (Å²) in [5.41, 5.74) is 4.47. The SMILES string of the molecule is O.O=[N+]([O-])[O-].[NH3+]c1ccc(S(=O)(=O)Nc2nccs2)cc1. The van der Waals surface area contributed by atoms with Crippen LogP contribution in [0.2, 0.25) is 0 Å². The molecule has 0 atom stereocenters. The maximum atomic E-state index is 11.8. The maximum absolute atomic E-state index is 11.8. The molecule has 0 bridgehead atoms. The average Bonchev–Trinajstić information content (AvgIpc) is 2.81. The van der Waals surface area contributed by atoms with Gasteiger partial charge in [-0.3, -0.25) is 4.72 Å². The van der Waals surface area contributed by atoms with E-state index in [0.717, 1.165) is 5.69 Å². The number of nitrogens with zero attached hydrogens (tertiary/aromatic N) is 2. The molecule has 2 aromatic rings. The van der Waals surface area contributed by atoms with E-state index in [-0.39, 0.29) is 10.4 Å². The summed E-state index contributed by atoms with van der Waals surface area (Å²) in [5.74, 6) is 0. The van der Waals surface area contributed by atoms with Crippen LogP contribution >= 0.6 is 11.3 Å². The molecule has 10 nitrogen and oxygen atoms in total. The third kappa shape index (κ3) is 6.62. The van der Waals surface area contributed by atoms with Gasteiger partial charge < -0.3 is 26.5 Å². The van der Waals surface area contributed by atoms with Crippen LogP contribution < -0.4 is 10.5 Å². The van der Waals surface area contributed by atoms with Crippen molar-refractivity contribution in [3.8, 4) is 0 Å². The Labute approximate surface area is 123 Å². The molecule has 12 heteroatoms. The van der Waals surface area contributed by atoms with E-state index in [4.69, 9.17) is 15.3 Å². The number of hydrogen-bond acceptors (Lipinski definition) is 7. The second-order valence-corrected chi connectivity index (χ2v) is 5.89. The zero-order valence-corrected chi connectivity index (χ0v) is 12.1. The summed E-state index contributed by atoms with van der Waals surface area (Å²) in [5, 5.41) is 16.8. The molecule has 0 radical (unpaired) electrons. The molecule has 0 aliphatic carbocycles. The number of thiazole rings is 1. The van der Waals surface area contributed by atoms with E-state index >= 15 is 0 Å². The number of benzene rings is 1. The third-order valence-electron chi connectivity index (χ3n) is 1.89. The number of aromatic nitrogens is 1. The standard InChI is InChI=1S/C9H9N3O2S2.NO3.H2O/c10-7-1-3-8(4-2-7)16(13,14)12-9-11-5-6-15-9;2-1(3)4;/h1-6H,10H2,(H,11,12);;1H2/q;-1;/p+1. The van der Waals surface area contributed by atoms with Crippen LogP contribution in [0.15, 0.2) is 40.7 Å². The predicted octanol–water partition coefficient (Wildman–Crippen LogP) is -0.247. The molecule has 0 amide bonds. The summed E-state index contributed by atoms with van der Waals surface area (Å²) in [6, 6.07) is 6.32. The molecule has 1 aromatic carbocycles. The van der Waals surface area contributed by atoms with Crippen LogP contribution in [-0.4, -0.2) is 24.0 Å². The number of rotatable bonds is 3. The van der Waals surface area contributed by atoms with Crippen molar-refractivity contribution in [3.05, 3.63) is 51.2 Å². The van der Waals surface area contributed by atoms with Crippen molar-refractivity contribution >= 4 is 32.2 Å². The van der Waals surface area contributed by atoms with Crippen LogP contribution in [0.4, 0.5) is 10.8 Å². The summed E-state index contributed by atoms with van der Waals surface area (Å²) >= 11 is 1.23. The Hall–Kier alpha value is -2.28. The fourth-order valence-corrected chi connectivity index (χ4v) is 2.91. The topological polar surface area (TPSA) is 184 Å². The molecule has 6 N–H and O–H groups in total. The Balaban J connectivity index is 0.000000715. The van der Waals surface area contributed by atoms with Gasteiger partial charge in [0.25, 0.3) is 10.0 Å². The Bertz CT molecular complexity index is 652. The molecule has 0 aliphatic rings. The van der Waals surface area contributed by atoms with Crippen LogP contribution in [0.3, 0.4) is 0 Å². The van der Waals surface area contributed by atoms with Gasteiger partial charge in [-0.05, 0) is 12.1 Å². The molecule has 1 heterocycles. The second kappa shape index (κ2) is 8.11. The first-order valence-electron chi connectivity index (χ1n) is 4.97. The van der Waals surface area contributed by atoms with Crippen molar-refractivity contribution in [1.82, 2.24) is 4.98 Å². The first kappa shape index (κ1) is 18.7. The van der Waals surface area contributed by atoms with Crippen molar-refractivity contribution in [1.29, 1.82) is 0 Å². The van der Waals surface area contributed by atoms with Crippen LogP contribution in [0.25, 0.3) is 0 Å². The lowest BCUT2D eigenvalue weighted by Gasteiger charge is -2.04. The number of sulfonamides is 1. The van der Waals surface area contributed by atoms with E-state index in [1.54, 1.807) is 23.7 Å². The largest absolute Gasteiger partial charge is 0.412 e. The first-order chi connectivity index (χ1) is 9.31. The van der Waals surface area contributed by atoms with Crippen LogP contribution in [0.5, 0.6) is 0 Å². The average molecular weight is 336 g/mol. The van der Waals surface area contributed by atoms with Gasteiger partial charge in [-0.15, -0.1) is 11.3 Å². The normalized spacial score (nSPS) is 9.76. The quantitative estimate of drug-likeness (QED) is 0.574. The highest BCUT2D eigenvalue weighted by molar-refractivity contribution is 7.93. The molecule has 1 aromatic heterocycles. The lowest BCUT2D eigenvalue weighted by Crippen LogP contribution is -2.39. The molecule has 0 saturated carbocycles. The van der Waals surface area contributed by atoms with Gasteiger partial charge >= 0.3 is 0 Å². The molecule has 2 rings (SSSR count). The Morgan fingerprint density at radius 3 is 2.19 bits per heavy atom. The van der Waals surface area contributed by atoms with E-state index in [1.165, 1.54) is 23.5 Å². The van der Waals surface area contributed by atoms with Gasteiger partial charge in [-0.1, -0.05) is 0 Å². The van der Waals surface area contributed by atoms with Crippen molar-refractivity contribution in [2.45, 2.75) is 4.90 Å². The molecule has 0 spiro atoms. The molecule has 0 fully saturated rings. The molecular weight excluding hydrogens is 324 g/mol. The van der Waals surface area contributed by atoms with Crippen molar-refractivity contribution in [2.24, 2.45) is 0 Å². The zero-order valence-electron chi connectivity index (χ0n) is 10.4. The minimum Gasteiger partial charge on any atom is -0.412 e. The first-order valence-corrected chi connectivity index (χ1v) is 7.33. The van der Waals surface area contributed by atoms with Gasteiger partial charge in [0.15, 0.2) is 5.13 Å². The fraction of sp³-hybridized carbons (Fsp3) is 0. The van der Waals surface area contributed by atoms with E-state index in [1.807, 2.05) is 0 Å². The van der Waals surface area contributed by atoms with E-state index in [9.17, 15) is 8.42 Å². The maximum Gasteiger partial charge on any atom is 0.263 e. The highest BCUT2D eigenvalue weighted by atomic mass is 32.2. The highest BCUT2D eigenvalue weighted by Gasteiger charge is 2.14. The van der Waals surface area contributed by atoms with Gasteiger partial charge in [-0.25, -0.2) is 13.4 Å². The Morgan fingerprint density at radius 1 is 1.24 bits per heavy atom. The highest BCUT2D eigenvalue weighted by Crippen LogP contribution is 2.18. The van der Waals surface area contributed by atoms with Gasteiger partial charge in [0, 0.05) is 23.7 Å². The van der Waals surface area contributed by atoms with Crippen molar-refractivity contribution < 1.29 is 24.7 Å². The van der Waals surface area contributed by atoms with Gasteiger partial charge in [0.05, 0.1) is 9.98 Å². The molecule has 0 unspecified atom stereocenters. The van der Waals surface area contributed by atoms with E-state index in [0.29, 0.717) is 5.13 Å². The molecular formula is C9H12N4O6S2. The molecule has 0 aliphatic heterocycles. The van der Waals surface area contributed by atoms with Gasteiger partial charge in [0.2, 0.25) is 0 Å². The Kier molecular flexibility index (Phi) is 7.23. The summed E-state index contributed by atoms with van der Waals surface area (Å²) < 4.78 is 26.1. The predicted molar refractivity (Wildman–Crippen MR) is 75.9 cm³/mol. The van der Waals surface area contributed by atoms with Crippen LogP contribution in [-0.2, 0) is 10.0 Å². The minimum absolute atomic E-state index is 0. The van der Waals surface area contributed by atoms with Gasteiger partial charge in [-0.2, -0.15) is 0 Å². The van der Waals surface area contributed by atoms with E-state index < -0.39 is 15.1 Å². The lowest BCUT2D eigenvalue weighted by atomic mass is 10.3. The van der Waals surface area contributed by atoms with Crippen molar-refractivity contribution in [3.63, 3.8) is 0 Å². The summed E-state index contributed by atoms with van der Waals surface area (Å²) in [6.07, 6.45) is 1.54. The zero-order chi connectivity index (χ0) is 15.2. The van der Waals surface area contributed by atoms with E-state index in [2.05, 4.69) is 15.4 Å². The summed E-state index contributed by atoms with van der Waals surface area (Å²) in [4.78, 5) is 12.3. The summed E-state index contributed by atoms with van der Waals surface area (Å²) in [7, 11) is -3.53. The smallest absolute Gasteiger partial charge is 0.263 e. The third-order valence-corrected chi connectivity index (χ3v) is 4.06. The van der Waals surface area contributed by atoms with Crippen molar-refractivity contribution in [2.75, 3.05) is 4.72 Å². The minimum atomic E-state index is -3.53. The number of nitrogens with one attached hydrogen (secondary N) is 1. The number of anilines is 1. The number of hydrogen-bond donors (Lipinski definition) is 2. The Morgan fingerprint density at radius 2 is 1.76 bits per heavy atom. The van der Waals surface area contributed by atoms with Gasteiger partial charge in [0.1, 0.15) is 5.69 Å². The number of quaternary nitrogens is 1. The summed E-state index contributed by atoms with van der Waals surface area (Å²) in [6.45, 7) is 0. The molecule has 116 valence electrons. The second-order valence-electron chi connectivity index (χ2n) is 3.31.